The normalized spacial score (nSPS) is 14.5. The van der Waals surface area contributed by atoms with E-state index in [1.807, 2.05) is 33.0 Å². The van der Waals surface area contributed by atoms with Crippen LogP contribution in [0, 0.1) is 0 Å². The summed E-state index contributed by atoms with van der Waals surface area (Å²) < 4.78 is 26.7. The molecule has 1 aliphatic rings. The lowest BCUT2D eigenvalue weighted by molar-refractivity contribution is -0.130. The van der Waals surface area contributed by atoms with Gasteiger partial charge < -0.3 is 9.80 Å². The third-order valence-corrected chi connectivity index (χ3v) is 8.46. The van der Waals surface area contributed by atoms with Crippen LogP contribution in [0.2, 0.25) is 0 Å². The molecule has 0 saturated carbocycles. The van der Waals surface area contributed by atoms with Crippen LogP contribution < -0.4 is 4.90 Å². The SMILES string of the molecule is CCN(CC)S(=O)(=O)c1ccc(CCC(=O)N(C)Cc2ccc(N3CCCCC3)cc2)cc1. The second-order valence-electron chi connectivity index (χ2n) is 8.70. The van der Waals surface area contributed by atoms with E-state index in [9.17, 15) is 13.2 Å². The topological polar surface area (TPSA) is 60.9 Å². The molecule has 0 unspecified atom stereocenters. The van der Waals surface area contributed by atoms with Gasteiger partial charge >= 0.3 is 0 Å². The van der Waals surface area contributed by atoms with Gasteiger partial charge in [0.2, 0.25) is 15.9 Å². The standard InChI is InChI=1S/C26H37N3O3S/c1-4-29(5-2)33(31,32)25-16-11-22(12-17-25)13-18-26(30)27(3)21-23-9-14-24(15-10-23)28-19-7-6-8-20-28/h9-12,14-17H,4-8,13,18-21H2,1-3H3. The lowest BCUT2D eigenvalue weighted by Crippen LogP contribution is -2.30. The summed E-state index contributed by atoms with van der Waals surface area (Å²) in [4.78, 5) is 17.1. The maximum absolute atomic E-state index is 12.6. The van der Waals surface area contributed by atoms with Gasteiger partial charge in [-0.2, -0.15) is 4.31 Å². The van der Waals surface area contributed by atoms with Crippen molar-refractivity contribution in [1.82, 2.24) is 9.21 Å². The van der Waals surface area contributed by atoms with Crippen molar-refractivity contribution in [3.05, 3.63) is 59.7 Å². The van der Waals surface area contributed by atoms with Crippen LogP contribution in [0.15, 0.2) is 53.4 Å². The van der Waals surface area contributed by atoms with Crippen LogP contribution in [-0.4, -0.2) is 56.8 Å². The number of anilines is 1. The summed E-state index contributed by atoms with van der Waals surface area (Å²) in [7, 11) is -1.62. The minimum Gasteiger partial charge on any atom is -0.372 e. The molecule has 1 amide bonds. The molecule has 2 aromatic carbocycles. The number of carbonyl (C=O) groups excluding carboxylic acids is 1. The maximum atomic E-state index is 12.6. The fourth-order valence-corrected chi connectivity index (χ4v) is 5.77. The molecule has 180 valence electrons. The zero-order valence-electron chi connectivity index (χ0n) is 20.2. The Kier molecular flexibility index (Phi) is 8.92. The number of aryl methyl sites for hydroxylation is 1. The number of hydrogen-bond donors (Lipinski definition) is 0. The van der Waals surface area contributed by atoms with Crippen LogP contribution in [0.4, 0.5) is 5.69 Å². The van der Waals surface area contributed by atoms with Crippen molar-refractivity contribution in [1.29, 1.82) is 0 Å². The Morgan fingerprint density at radius 1 is 0.879 bits per heavy atom. The number of hydrogen-bond acceptors (Lipinski definition) is 4. The lowest BCUT2D eigenvalue weighted by Gasteiger charge is -2.29. The average Bonchev–Trinajstić information content (AvgIpc) is 2.84. The Bertz CT molecular complexity index is 994. The Hall–Kier alpha value is -2.38. The Labute approximate surface area is 199 Å². The van der Waals surface area contributed by atoms with Crippen molar-refractivity contribution < 1.29 is 13.2 Å². The van der Waals surface area contributed by atoms with Gasteiger partial charge in [0.25, 0.3) is 0 Å². The van der Waals surface area contributed by atoms with Gasteiger partial charge in [0, 0.05) is 51.9 Å². The van der Waals surface area contributed by atoms with E-state index >= 15 is 0 Å². The van der Waals surface area contributed by atoms with Gasteiger partial charge in [0.1, 0.15) is 0 Å². The largest absolute Gasteiger partial charge is 0.372 e. The molecule has 1 heterocycles. The van der Waals surface area contributed by atoms with Crippen LogP contribution in [0.5, 0.6) is 0 Å². The zero-order chi connectivity index (χ0) is 23.8. The maximum Gasteiger partial charge on any atom is 0.243 e. The molecular formula is C26H37N3O3S. The summed E-state index contributed by atoms with van der Waals surface area (Å²) in [5.74, 6) is 0.0787. The zero-order valence-corrected chi connectivity index (χ0v) is 21.0. The van der Waals surface area contributed by atoms with E-state index in [2.05, 4.69) is 29.2 Å². The number of carbonyl (C=O) groups is 1. The number of sulfonamides is 1. The van der Waals surface area contributed by atoms with Crippen LogP contribution in [0.1, 0.15) is 50.7 Å². The molecular weight excluding hydrogens is 434 g/mol. The average molecular weight is 472 g/mol. The molecule has 7 heteroatoms. The number of amides is 1. The first-order valence-electron chi connectivity index (χ1n) is 12.0. The van der Waals surface area contributed by atoms with Crippen molar-refractivity contribution in [3.63, 3.8) is 0 Å². The smallest absolute Gasteiger partial charge is 0.243 e. The van der Waals surface area contributed by atoms with Gasteiger partial charge in [-0.05, 0) is 61.1 Å². The van der Waals surface area contributed by atoms with Gasteiger partial charge in [0.15, 0.2) is 0 Å². The number of benzene rings is 2. The summed E-state index contributed by atoms with van der Waals surface area (Å²) in [6.07, 6.45) is 4.81. The molecule has 0 aliphatic carbocycles. The van der Waals surface area contributed by atoms with Crippen molar-refractivity contribution in [2.75, 3.05) is 38.1 Å². The highest BCUT2D eigenvalue weighted by molar-refractivity contribution is 7.89. The first-order chi connectivity index (χ1) is 15.8. The molecule has 33 heavy (non-hydrogen) atoms. The molecule has 6 nitrogen and oxygen atoms in total. The second-order valence-corrected chi connectivity index (χ2v) is 10.6. The highest BCUT2D eigenvalue weighted by Crippen LogP contribution is 2.21. The summed E-state index contributed by atoms with van der Waals surface area (Å²) >= 11 is 0. The highest BCUT2D eigenvalue weighted by atomic mass is 32.2. The molecule has 1 aliphatic heterocycles. The lowest BCUT2D eigenvalue weighted by atomic mass is 10.1. The predicted octanol–water partition coefficient (Wildman–Crippen LogP) is 4.30. The van der Waals surface area contributed by atoms with E-state index in [1.54, 1.807) is 17.0 Å². The van der Waals surface area contributed by atoms with Gasteiger partial charge in [-0.15, -0.1) is 0 Å². The molecule has 1 fully saturated rings. The van der Waals surface area contributed by atoms with Crippen molar-refractivity contribution >= 4 is 21.6 Å². The van der Waals surface area contributed by atoms with Crippen LogP contribution >= 0.6 is 0 Å². The second kappa shape index (κ2) is 11.7. The monoisotopic (exact) mass is 471 g/mol. The molecule has 0 radical (unpaired) electrons. The van der Waals surface area contributed by atoms with Gasteiger partial charge in [-0.1, -0.05) is 38.1 Å². The fourth-order valence-electron chi connectivity index (χ4n) is 4.31. The van der Waals surface area contributed by atoms with Gasteiger partial charge in [-0.3, -0.25) is 4.79 Å². The summed E-state index contributed by atoms with van der Waals surface area (Å²) in [5.41, 5.74) is 3.34. The molecule has 0 spiro atoms. The van der Waals surface area contributed by atoms with E-state index in [4.69, 9.17) is 0 Å². The molecule has 0 aromatic heterocycles. The minimum atomic E-state index is -3.45. The number of piperidine rings is 1. The first kappa shape index (κ1) is 25.2. The third-order valence-electron chi connectivity index (χ3n) is 6.40. The van der Waals surface area contributed by atoms with E-state index in [-0.39, 0.29) is 5.91 Å². The Balaban J connectivity index is 1.51. The summed E-state index contributed by atoms with van der Waals surface area (Å²) in [5, 5.41) is 0. The molecule has 0 atom stereocenters. The molecule has 1 saturated heterocycles. The first-order valence-corrected chi connectivity index (χ1v) is 13.5. The van der Waals surface area contributed by atoms with E-state index in [1.165, 1.54) is 29.3 Å². The van der Waals surface area contributed by atoms with Crippen molar-refractivity contribution in [3.8, 4) is 0 Å². The van der Waals surface area contributed by atoms with E-state index < -0.39 is 10.0 Å². The molecule has 0 N–H and O–H groups in total. The number of nitrogens with zero attached hydrogens (tertiary/aromatic N) is 3. The molecule has 2 aromatic rings. The third kappa shape index (κ3) is 6.58. The van der Waals surface area contributed by atoms with Gasteiger partial charge in [0.05, 0.1) is 4.90 Å². The van der Waals surface area contributed by atoms with E-state index in [0.29, 0.717) is 37.4 Å². The highest BCUT2D eigenvalue weighted by Gasteiger charge is 2.21. The summed E-state index contributed by atoms with van der Waals surface area (Å²) in [6, 6.07) is 15.4. The number of rotatable bonds is 10. The van der Waals surface area contributed by atoms with Crippen LogP contribution in [-0.2, 0) is 27.8 Å². The van der Waals surface area contributed by atoms with Crippen molar-refractivity contribution in [2.45, 2.75) is 57.4 Å². The molecule has 0 bridgehead atoms. The Morgan fingerprint density at radius 3 is 2.03 bits per heavy atom. The van der Waals surface area contributed by atoms with E-state index in [0.717, 1.165) is 24.2 Å². The van der Waals surface area contributed by atoms with Crippen LogP contribution in [0.3, 0.4) is 0 Å². The predicted molar refractivity (Wildman–Crippen MR) is 134 cm³/mol. The summed E-state index contributed by atoms with van der Waals surface area (Å²) in [6.45, 7) is 7.40. The van der Waals surface area contributed by atoms with Crippen LogP contribution in [0.25, 0.3) is 0 Å². The Morgan fingerprint density at radius 2 is 1.45 bits per heavy atom. The van der Waals surface area contributed by atoms with Gasteiger partial charge in [-0.25, -0.2) is 8.42 Å². The van der Waals surface area contributed by atoms with Crippen molar-refractivity contribution in [2.24, 2.45) is 0 Å². The minimum absolute atomic E-state index is 0.0787. The molecule has 3 rings (SSSR count). The quantitative estimate of drug-likeness (QED) is 0.518. The fraction of sp³-hybridized carbons (Fsp3) is 0.500.